The summed E-state index contributed by atoms with van der Waals surface area (Å²) in [6, 6.07) is 0. The Morgan fingerprint density at radius 3 is 2.38 bits per heavy atom. The van der Waals surface area contributed by atoms with Crippen LogP contribution in [-0.4, -0.2) is 11.2 Å². The fraction of sp³-hybridized carbons (Fsp3) is 0.833. The predicted molar refractivity (Wildman–Crippen MR) is 52.3 cm³/mol. The molecule has 2 saturated carbocycles. The van der Waals surface area contributed by atoms with Gasteiger partial charge in [0.15, 0.2) is 0 Å². The van der Waals surface area contributed by atoms with Crippen molar-refractivity contribution in [2.24, 2.45) is 10.8 Å². The van der Waals surface area contributed by atoms with Crippen LogP contribution in [-0.2, 0) is 0 Å². The van der Waals surface area contributed by atoms with Crippen molar-refractivity contribution in [3.63, 3.8) is 0 Å². The van der Waals surface area contributed by atoms with E-state index >= 15 is 0 Å². The first-order chi connectivity index (χ1) is 6.27. The van der Waals surface area contributed by atoms with E-state index in [1.165, 1.54) is 32.1 Å². The second-order valence-corrected chi connectivity index (χ2v) is 5.25. The summed E-state index contributed by atoms with van der Waals surface area (Å²) < 4.78 is 0. The standard InChI is InChI=1S/C12H18O/c13-10-3-6-11-4-1-2-5-12(11,9-10)8-7-11/h7-8,10,13H,1-6,9H2/t10-,11+,12-/m1/s1. The molecule has 0 aromatic heterocycles. The molecule has 13 heavy (non-hydrogen) atoms. The topological polar surface area (TPSA) is 20.2 Å². The smallest absolute Gasteiger partial charge is 0.0549 e. The molecule has 0 saturated heterocycles. The number of aliphatic hydroxyl groups is 1. The minimum absolute atomic E-state index is 0.0174. The van der Waals surface area contributed by atoms with Gasteiger partial charge in [0.2, 0.25) is 0 Å². The van der Waals surface area contributed by atoms with Crippen LogP contribution in [0.4, 0.5) is 0 Å². The molecule has 0 heterocycles. The van der Waals surface area contributed by atoms with Gasteiger partial charge >= 0.3 is 0 Å². The van der Waals surface area contributed by atoms with Gasteiger partial charge in [-0.05, 0) is 42.9 Å². The lowest BCUT2D eigenvalue weighted by atomic mass is 9.44. The molecule has 0 aromatic rings. The minimum atomic E-state index is -0.0174. The molecule has 72 valence electrons. The number of rotatable bonds is 0. The minimum Gasteiger partial charge on any atom is -0.393 e. The van der Waals surface area contributed by atoms with Gasteiger partial charge in [-0.3, -0.25) is 0 Å². The molecule has 1 N–H and O–H groups in total. The zero-order valence-corrected chi connectivity index (χ0v) is 8.13. The largest absolute Gasteiger partial charge is 0.393 e. The normalized spacial score (nSPS) is 53.5. The number of allylic oxidation sites excluding steroid dienone is 2. The summed E-state index contributed by atoms with van der Waals surface area (Å²) in [7, 11) is 0. The summed E-state index contributed by atoms with van der Waals surface area (Å²) in [6.45, 7) is 0. The lowest BCUT2D eigenvalue weighted by Gasteiger charge is -2.61. The zero-order chi connectivity index (χ0) is 8.94. The molecule has 3 rings (SSSR count). The number of aliphatic hydroxyl groups excluding tert-OH is 1. The Bertz CT molecular complexity index is 258. The predicted octanol–water partition coefficient (Wildman–Crippen LogP) is 2.65. The van der Waals surface area contributed by atoms with Crippen molar-refractivity contribution < 1.29 is 5.11 Å². The van der Waals surface area contributed by atoms with Gasteiger partial charge in [0.25, 0.3) is 0 Å². The van der Waals surface area contributed by atoms with Crippen molar-refractivity contribution in [3.8, 4) is 0 Å². The highest BCUT2D eigenvalue weighted by Gasteiger charge is 2.57. The van der Waals surface area contributed by atoms with Gasteiger partial charge in [-0.2, -0.15) is 0 Å². The second-order valence-electron chi connectivity index (χ2n) is 5.25. The molecule has 0 amide bonds. The van der Waals surface area contributed by atoms with Crippen LogP contribution in [0.3, 0.4) is 0 Å². The van der Waals surface area contributed by atoms with Crippen LogP contribution in [0.25, 0.3) is 0 Å². The van der Waals surface area contributed by atoms with Crippen molar-refractivity contribution in [1.29, 1.82) is 0 Å². The van der Waals surface area contributed by atoms with E-state index in [1.54, 1.807) is 0 Å². The van der Waals surface area contributed by atoms with Crippen LogP contribution >= 0.6 is 0 Å². The van der Waals surface area contributed by atoms with E-state index in [-0.39, 0.29) is 6.10 Å². The van der Waals surface area contributed by atoms with E-state index < -0.39 is 0 Å². The average molecular weight is 178 g/mol. The summed E-state index contributed by atoms with van der Waals surface area (Å²) in [5.41, 5.74) is 0.966. The first-order valence-electron chi connectivity index (χ1n) is 5.65. The summed E-state index contributed by atoms with van der Waals surface area (Å²) in [6.07, 6.45) is 13.6. The quantitative estimate of drug-likeness (QED) is 0.565. The van der Waals surface area contributed by atoms with Crippen LogP contribution in [0.2, 0.25) is 0 Å². The fourth-order valence-electron chi connectivity index (χ4n) is 3.88. The van der Waals surface area contributed by atoms with E-state index in [1.807, 2.05) is 0 Å². The average Bonchev–Trinajstić information content (AvgIpc) is 2.11. The maximum atomic E-state index is 9.73. The molecule has 3 aliphatic carbocycles. The second kappa shape index (κ2) is 2.38. The SMILES string of the molecule is O[C@@H]1CC[C@@]23C=C[C@]2(CCCC3)C1. The van der Waals surface area contributed by atoms with Gasteiger partial charge in [0.1, 0.15) is 0 Å². The lowest BCUT2D eigenvalue weighted by molar-refractivity contribution is -0.0594. The highest BCUT2D eigenvalue weighted by atomic mass is 16.3. The molecule has 0 bridgehead atoms. The highest BCUT2D eigenvalue weighted by molar-refractivity contribution is 5.29. The Kier molecular flexibility index (Phi) is 1.48. The van der Waals surface area contributed by atoms with Crippen LogP contribution in [0.1, 0.15) is 44.9 Å². The molecule has 0 spiro atoms. The molecule has 0 aromatic carbocycles. The van der Waals surface area contributed by atoms with Gasteiger partial charge < -0.3 is 5.11 Å². The van der Waals surface area contributed by atoms with Crippen molar-refractivity contribution in [2.45, 2.75) is 51.0 Å². The van der Waals surface area contributed by atoms with Crippen molar-refractivity contribution >= 4 is 0 Å². The van der Waals surface area contributed by atoms with E-state index in [2.05, 4.69) is 12.2 Å². The first kappa shape index (κ1) is 8.05. The molecular formula is C12H18O. The Morgan fingerprint density at radius 2 is 1.69 bits per heavy atom. The molecule has 1 heteroatoms. The maximum Gasteiger partial charge on any atom is 0.0549 e. The summed E-state index contributed by atoms with van der Waals surface area (Å²) >= 11 is 0. The fourth-order valence-corrected chi connectivity index (χ4v) is 3.88. The van der Waals surface area contributed by atoms with Crippen LogP contribution in [0.5, 0.6) is 0 Å². The third-order valence-electron chi connectivity index (χ3n) is 4.73. The zero-order valence-electron chi connectivity index (χ0n) is 8.13. The first-order valence-corrected chi connectivity index (χ1v) is 5.65. The lowest BCUT2D eigenvalue weighted by Crippen LogP contribution is -2.53. The molecular weight excluding hydrogens is 160 g/mol. The molecule has 2 fully saturated rings. The Balaban J connectivity index is 1.95. The van der Waals surface area contributed by atoms with E-state index in [0.29, 0.717) is 10.8 Å². The van der Waals surface area contributed by atoms with Crippen molar-refractivity contribution in [1.82, 2.24) is 0 Å². The number of hydrogen-bond donors (Lipinski definition) is 1. The maximum absolute atomic E-state index is 9.73. The molecule has 0 radical (unpaired) electrons. The van der Waals surface area contributed by atoms with Gasteiger partial charge in [0.05, 0.1) is 6.10 Å². The van der Waals surface area contributed by atoms with Gasteiger partial charge in [-0.25, -0.2) is 0 Å². The molecule has 0 aliphatic heterocycles. The van der Waals surface area contributed by atoms with Gasteiger partial charge in [0, 0.05) is 0 Å². The summed E-state index contributed by atoms with van der Waals surface area (Å²) in [5.74, 6) is 0. The van der Waals surface area contributed by atoms with E-state index in [4.69, 9.17) is 0 Å². The van der Waals surface area contributed by atoms with E-state index in [9.17, 15) is 5.11 Å². The monoisotopic (exact) mass is 178 g/mol. The van der Waals surface area contributed by atoms with Crippen LogP contribution < -0.4 is 0 Å². The Hall–Kier alpha value is -0.300. The summed E-state index contributed by atoms with van der Waals surface area (Å²) in [4.78, 5) is 0. The third kappa shape index (κ3) is 0.864. The molecule has 3 atom stereocenters. The van der Waals surface area contributed by atoms with Gasteiger partial charge in [-0.1, -0.05) is 25.0 Å². The Morgan fingerprint density at radius 1 is 1.00 bits per heavy atom. The van der Waals surface area contributed by atoms with Crippen LogP contribution in [0, 0.1) is 10.8 Å². The van der Waals surface area contributed by atoms with E-state index in [0.717, 1.165) is 12.8 Å². The highest BCUT2D eigenvalue weighted by Crippen LogP contribution is 2.65. The van der Waals surface area contributed by atoms with Crippen LogP contribution in [0.15, 0.2) is 12.2 Å². The molecule has 1 nitrogen and oxygen atoms in total. The molecule has 0 unspecified atom stereocenters. The van der Waals surface area contributed by atoms with Crippen molar-refractivity contribution in [3.05, 3.63) is 12.2 Å². The molecule has 3 aliphatic rings. The van der Waals surface area contributed by atoms with Gasteiger partial charge in [-0.15, -0.1) is 0 Å². The van der Waals surface area contributed by atoms with Crippen molar-refractivity contribution in [2.75, 3.05) is 0 Å². The third-order valence-corrected chi connectivity index (χ3v) is 4.73. The number of hydrogen-bond acceptors (Lipinski definition) is 1. The summed E-state index contributed by atoms with van der Waals surface area (Å²) in [5, 5.41) is 9.73. The Labute approximate surface area is 79.8 Å².